The Bertz CT molecular complexity index is 434. The quantitative estimate of drug-likeness (QED) is 0.579. The van der Waals surface area contributed by atoms with Gasteiger partial charge < -0.3 is 25.6 Å². The van der Waals surface area contributed by atoms with Crippen molar-refractivity contribution in [1.82, 2.24) is 10.3 Å². The Morgan fingerprint density at radius 1 is 1.47 bits per heavy atom. The molecule has 0 aliphatic heterocycles. The van der Waals surface area contributed by atoms with Gasteiger partial charge in [0, 0.05) is 19.0 Å². The van der Waals surface area contributed by atoms with E-state index < -0.39 is 18.1 Å². The number of hydrogen-bond acceptors (Lipinski definition) is 5. The molecule has 1 aromatic heterocycles. The Balaban J connectivity index is 2.32. The van der Waals surface area contributed by atoms with Gasteiger partial charge in [-0.1, -0.05) is 0 Å². The van der Waals surface area contributed by atoms with Crippen molar-refractivity contribution >= 4 is 17.7 Å². The van der Waals surface area contributed by atoms with E-state index in [-0.39, 0.29) is 13.0 Å². The number of hydrogen-bond donors (Lipinski definition) is 4. The van der Waals surface area contributed by atoms with Gasteiger partial charge in [0.2, 0.25) is 5.88 Å². The summed E-state index contributed by atoms with van der Waals surface area (Å²) in [6, 6.07) is 2.69. The molecule has 0 fully saturated rings. The lowest BCUT2D eigenvalue weighted by atomic mass is 10.2. The molecule has 0 saturated carbocycles. The molecule has 1 atom stereocenters. The van der Waals surface area contributed by atoms with Crippen LogP contribution in [0.15, 0.2) is 18.3 Å². The van der Waals surface area contributed by atoms with Gasteiger partial charge in [-0.3, -0.25) is 0 Å². The lowest BCUT2D eigenvalue weighted by Crippen LogP contribution is -2.33. The monoisotopic (exact) mass is 269 g/mol. The van der Waals surface area contributed by atoms with E-state index in [4.69, 9.17) is 14.9 Å². The Labute approximate surface area is 109 Å². The molecule has 0 aliphatic carbocycles. The second-order valence-corrected chi connectivity index (χ2v) is 3.61. The van der Waals surface area contributed by atoms with Crippen LogP contribution in [0.3, 0.4) is 0 Å². The summed E-state index contributed by atoms with van der Waals surface area (Å²) in [6.07, 6.45) is -0.128. The summed E-state index contributed by atoms with van der Waals surface area (Å²) in [6.45, 7) is 0.0445. The van der Waals surface area contributed by atoms with Gasteiger partial charge in [0.25, 0.3) is 0 Å². The van der Waals surface area contributed by atoms with Crippen molar-refractivity contribution < 1.29 is 24.5 Å². The first-order chi connectivity index (χ1) is 9.02. The minimum atomic E-state index is -1.48. The molecule has 8 nitrogen and oxygen atoms in total. The van der Waals surface area contributed by atoms with Crippen LogP contribution < -0.4 is 15.4 Å². The number of rotatable bonds is 6. The molecule has 0 aromatic carbocycles. The second-order valence-electron chi connectivity index (χ2n) is 3.61. The molecule has 0 bridgehead atoms. The highest BCUT2D eigenvalue weighted by Crippen LogP contribution is 2.10. The molecule has 4 N–H and O–H groups in total. The molecule has 1 heterocycles. The molecule has 0 radical (unpaired) electrons. The van der Waals surface area contributed by atoms with Gasteiger partial charge >= 0.3 is 12.0 Å². The third-order valence-corrected chi connectivity index (χ3v) is 2.19. The van der Waals surface area contributed by atoms with Crippen molar-refractivity contribution in [2.24, 2.45) is 0 Å². The number of carboxylic acids is 1. The zero-order valence-corrected chi connectivity index (χ0v) is 10.3. The van der Waals surface area contributed by atoms with Gasteiger partial charge in [-0.05, 0) is 6.07 Å². The Hall–Kier alpha value is -2.35. The smallest absolute Gasteiger partial charge is 0.332 e. The van der Waals surface area contributed by atoms with Crippen molar-refractivity contribution in [1.29, 1.82) is 0 Å². The van der Waals surface area contributed by atoms with E-state index in [0.29, 0.717) is 11.6 Å². The van der Waals surface area contributed by atoms with Crippen LogP contribution in [-0.4, -0.2) is 47.0 Å². The fraction of sp³-hybridized carbons (Fsp3) is 0.364. The summed E-state index contributed by atoms with van der Waals surface area (Å²) in [4.78, 5) is 25.6. The number of ether oxygens (including phenoxy) is 1. The molecule has 0 spiro atoms. The van der Waals surface area contributed by atoms with E-state index in [9.17, 15) is 9.59 Å². The van der Waals surface area contributed by atoms with Crippen LogP contribution >= 0.6 is 0 Å². The first-order valence-corrected chi connectivity index (χ1v) is 5.48. The van der Waals surface area contributed by atoms with Crippen LogP contribution in [0.4, 0.5) is 10.5 Å². The van der Waals surface area contributed by atoms with Crippen LogP contribution in [0, 0.1) is 0 Å². The summed E-state index contributed by atoms with van der Waals surface area (Å²) >= 11 is 0. The van der Waals surface area contributed by atoms with Crippen LogP contribution in [-0.2, 0) is 4.79 Å². The highest BCUT2D eigenvalue weighted by atomic mass is 16.5. The molecule has 0 aliphatic rings. The van der Waals surface area contributed by atoms with E-state index >= 15 is 0 Å². The van der Waals surface area contributed by atoms with E-state index in [2.05, 4.69) is 15.6 Å². The number of urea groups is 1. The number of pyridine rings is 1. The summed E-state index contributed by atoms with van der Waals surface area (Å²) < 4.78 is 4.86. The average Bonchev–Trinajstić information content (AvgIpc) is 2.39. The minimum absolute atomic E-state index is 0.0445. The number of carboxylic acid groups (broad SMARTS) is 1. The standard InChI is InChI=1S/C11H15N3O5/c1-19-9-3-2-7(6-13-9)14-11(18)12-5-4-8(15)10(16)17/h2-3,6,8,15H,4-5H2,1H3,(H,16,17)(H2,12,14,18). The average molecular weight is 269 g/mol. The number of aromatic nitrogens is 1. The summed E-state index contributed by atoms with van der Waals surface area (Å²) in [5, 5.41) is 22.3. The second kappa shape index (κ2) is 7.17. The van der Waals surface area contributed by atoms with Crippen molar-refractivity contribution in [3.63, 3.8) is 0 Å². The molecule has 2 amide bonds. The van der Waals surface area contributed by atoms with Crippen molar-refractivity contribution in [3.8, 4) is 5.88 Å². The molecule has 8 heteroatoms. The Kier molecular flexibility index (Phi) is 5.55. The molecular weight excluding hydrogens is 254 g/mol. The first kappa shape index (κ1) is 14.7. The highest BCUT2D eigenvalue weighted by molar-refractivity contribution is 5.89. The SMILES string of the molecule is COc1ccc(NC(=O)NCCC(O)C(=O)O)cn1. The third-order valence-electron chi connectivity index (χ3n) is 2.19. The number of aliphatic hydroxyl groups is 1. The number of aliphatic hydroxyl groups excluding tert-OH is 1. The molecular formula is C11H15N3O5. The largest absolute Gasteiger partial charge is 0.481 e. The van der Waals surface area contributed by atoms with E-state index in [1.165, 1.54) is 13.3 Å². The minimum Gasteiger partial charge on any atom is -0.481 e. The number of nitrogens with one attached hydrogen (secondary N) is 2. The normalized spacial score (nSPS) is 11.5. The maximum Gasteiger partial charge on any atom is 0.332 e. The maximum absolute atomic E-state index is 11.4. The van der Waals surface area contributed by atoms with Crippen LogP contribution in [0.2, 0.25) is 0 Å². The van der Waals surface area contributed by atoms with Crippen LogP contribution in [0.25, 0.3) is 0 Å². The topological polar surface area (TPSA) is 121 Å². The van der Waals surface area contributed by atoms with E-state index in [0.717, 1.165) is 0 Å². The fourth-order valence-electron chi connectivity index (χ4n) is 1.20. The molecule has 0 saturated heterocycles. The molecule has 1 aromatic rings. The molecule has 104 valence electrons. The van der Waals surface area contributed by atoms with Gasteiger partial charge in [-0.15, -0.1) is 0 Å². The highest BCUT2D eigenvalue weighted by Gasteiger charge is 2.12. The van der Waals surface area contributed by atoms with Crippen molar-refractivity contribution in [3.05, 3.63) is 18.3 Å². The number of aliphatic carboxylic acids is 1. The van der Waals surface area contributed by atoms with Gasteiger partial charge in [0.05, 0.1) is 19.0 Å². The zero-order chi connectivity index (χ0) is 14.3. The number of nitrogens with zero attached hydrogens (tertiary/aromatic N) is 1. The van der Waals surface area contributed by atoms with Crippen LogP contribution in [0.1, 0.15) is 6.42 Å². The van der Waals surface area contributed by atoms with Crippen LogP contribution in [0.5, 0.6) is 5.88 Å². The maximum atomic E-state index is 11.4. The number of carbonyl (C=O) groups is 2. The molecule has 1 unspecified atom stereocenters. The van der Waals surface area contributed by atoms with Crippen molar-refractivity contribution in [2.75, 3.05) is 19.0 Å². The predicted molar refractivity (Wildman–Crippen MR) is 66.1 cm³/mol. The molecule has 1 rings (SSSR count). The number of methoxy groups -OCH3 is 1. The third kappa shape index (κ3) is 5.21. The van der Waals surface area contributed by atoms with Gasteiger partial charge in [0.15, 0.2) is 6.10 Å². The predicted octanol–water partition coefficient (Wildman–Crippen LogP) is 0.0473. The summed E-state index contributed by atoms with van der Waals surface area (Å²) in [5.41, 5.74) is 0.470. The Morgan fingerprint density at radius 2 is 2.21 bits per heavy atom. The summed E-state index contributed by atoms with van der Waals surface area (Å²) in [5.74, 6) is -0.892. The van der Waals surface area contributed by atoms with E-state index in [1.807, 2.05) is 0 Å². The first-order valence-electron chi connectivity index (χ1n) is 5.48. The fourth-order valence-corrected chi connectivity index (χ4v) is 1.20. The van der Waals surface area contributed by atoms with Gasteiger partial charge in [-0.25, -0.2) is 14.6 Å². The lowest BCUT2D eigenvalue weighted by Gasteiger charge is -2.09. The Morgan fingerprint density at radius 3 is 2.74 bits per heavy atom. The van der Waals surface area contributed by atoms with E-state index in [1.54, 1.807) is 12.1 Å². The van der Waals surface area contributed by atoms with Crippen molar-refractivity contribution in [2.45, 2.75) is 12.5 Å². The lowest BCUT2D eigenvalue weighted by molar-refractivity contribution is -0.146. The number of carbonyl (C=O) groups excluding carboxylic acids is 1. The zero-order valence-electron chi connectivity index (χ0n) is 10.3. The number of amides is 2. The summed E-state index contributed by atoms with van der Waals surface area (Å²) in [7, 11) is 1.48. The molecule has 19 heavy (non-hydrogen) atoms. The number of anilines is 1. The van der Waals surface area contributed by atoms with Gasteiger partial charge in [-0.2, -0.15) is 0 Å². The van der Waals surface area contributed by atoms with Gasteiger partial charge in [0.1, 0.15) is 0 Å².